The molecule has 0 saturated carbocycles. The molecule has 5 atom stereocenters. The average Bonchev–Trinajstić information content (AvgIpc) is 2.50. The van der Waals surface area contributed by atoms with Gasteiger partial charge in [-0.15, -0.1) is 0 Å². The van der Waals surface area contributed by atoms with Gasteiger partial charge in [-0.1, -0.05) is 0 Å². The molecule has 6 N–H and O–H groups in total. The molecule has 0 aromatic heterocycles. The van der Waals surface area contributed by atoms with Crippen LogP contribution in [0.2, 0.25) is 0 Å². The maximum atomic E-state index is 12.1. The molecule has 0 radical (unpaired) electrons. The number of esters is 1. The molecular formula is C14H22O11. The Bertz CT molecular complexity index is 493. The van der Waals surface area contributed by atoms with E-state index in [9.17, 15) is 39.6 Å². The molecule has 25 heavy (non-hydrogen) atoms. The Labute approximate surface area is 142 Å². The van der Waals surface area contributed by atoms with Gasteiger partial charge in [0, 0.05) is 0 Å². The summed E-state index contributed by atoms with van der Waals surface area (Å²) in [5, 5.41) is 56.1. The molecule has 0 rings (SSSR count). The second-order valence-corrected chi connectivity index (χ2v) is 5.44. The average molecular weight is 366 g/mol. The summed E-state index contributed by atoms with van der Waals surface area (Å²) in [6, 6.07) is 0. The zero-order chi connectivity index (χ0) is 20.1. The first kappa shape index (κ1) is 23.2. The van der Waals surface area contributed by atoms with Crippen molar-refractivity contribution in [2.45, 2.75) is 51.5 Å². The van der Waals surface area contributed by atoms with Crippen molar-refractivity contribution in [1.29, 1.82) is 0 Å². The number of aliphatic hydroxyl groups is 6. The Balaban J connectivity index is 5.41. The van der Waals surface area contributed by atoms with Crippen molar-refractivity contribution in [3.8, 4) is 0 Å². The Morgan fingerprint density at radius 1 is 0.800 bits per heavy atom. The molecule has 0 aliphatic rings. The van der Waals surface area contributed by atoms with Gasteiger partial charge in [0.15, 0.2) is 17.3 Å². The van der Waals surface area contributed by atoms with Gasteiger partial charge in [-0.05, 0) is 20.8 Å². The van der Waals surface area contributed by atoms with Crippen LogP contribution in [0.5, 0.6) is 0 Å². The van der Waals surface area contributed by atoms with Crippen LogP contribution in [-0.4, -0.2) is 91.3 Å². The normalized spacial score (nSPS) is 17.8. The van der Waals surface area contributed by atoms with E-state index in [0.29, 0.717) is 0 Å². The second-order valence-electron chi connectivity index (χ2n) is 5.44. The molecule has 0 aromatic rings. The molecule has 0 heterocycles. The maximum Gasteiger partial charge on any atom is 0.337 e. The number of hydrogen-bond donors (Lipinski definition) is 6. The molecule has 0 spiro atoms. The van der Waals surface area contributed by atoms with Crippen LogP contribution < -0.4 is 0 Å². The van der Waals surface area contributed by atoms with Gasteiger partial charge in [0.25, 0.3) is 0 Å². The standard InChI is InChI=1S/C14H22O11/c1-5(16)14(6(2)17,7(3)18)13(24)25-12(23)11(22)10(21)9(20)8(19)4-15/h8-12,15,19-23H,4H2,1-3H3/t8-,9-,10+,11-,12?/m1/s1. The van der Waals surface area contributed by atoms with Gasteiger partial charge in [0.2, 0.25) is 11.7 Å². The summed E-state index contributed by atoms with van der Waals surface area (Å²) in [7, 11) is 0. The van der Waals surface area contributed by atoms with E-state index < -0.39 is 66.0 Å². The number of carbonyl (C=O) groups excluding carboxylic acids is 4. The minimum atomic E-state index is -2.84. The van der Waals surface area contributed by atoms with Crippen LogP contribution in [0.3, 0.4) is 0 Å². The largest absolute Gasteiger partial charge is 0.432 e. The summed E-state index contributed by atoms with van der Waals surface area (Å²) in [5.41, 5.74) is -2.84. The summed E-state index contributed by atoms with van der Waals surface area (Å²) in [4.78, 5) is 47.1. The van der Waals surface area contributed by atoms with Gasteiger partial charge >= 0.3 is 5.97 Å². The van der Waals surface area contributed by atoms with Gasteiger partial charge < -0.3 is 35.4 Å². The second kappa shape index (κ2) is 9.08. The number of ketones is 3. The third-order valence-corrected chi connectivity index (χ3v) is 3.69. The van der Waals surface area contributed by atoms with E-state index >= 15 is 0 Å². The van der Waals surface area contributed by atoms with Crippen molar-refractivity contribution in [2.24, 2.45) is 5.41 Å². The van der Waals surface area contributed by atoms with E-state index in [4.69, 9.17) is 10.2 Å². The first-order valence-corrected chi connectivity index (χ1v) is 7.11. The summed E-state index contributed by atoms with van der Waals surface area (Å²) < 4.78 is 4.34. The Hall–Kier alpha value is -1.76. The smallest absolute Gasteiger partial charge is 0.337 e. The lowest BCUT2D eigenvalue weighted by Crippen LogP contribution is -2.55. The van der Waals surface area contributed by atoms with Crippen molar-refractivity contribution in [2.75, 3.05) is 6.61 Å². The third-order valence-electron chi connectivity index (χ3n) is 3.69. The fourth-order valence-electron chi connectivity index (χ4n) is 2.15. The molecule has 0 saturated heterocycles. The Morgan fingerprint density at radius 3 is 1.52 bits per heavy atom. The Morgan fingerprint density at radius 2 is 1.20 bits per heavy atom. The van der Waals surface area contributed by atoms with Crippen LogP contribution in [0, 0.1) is 5.41 Å². The van der Waals surface area contributed by atoms with Crippen LogP contribution >= 0.6 is 0 Å². The SMILES string of the molecule is CC(=O)C(C(C)=O)(C(C)=O)C(=O)OC(O)[C@H](O)[C@@H](O)[C@H](O)[C@H](O)CO. The molecule has 0 bridgehead atoms. The van der Waals surface area contributed by atoms with Gasteiger partial charge in [-0.25, -0.2) is 4.79 Å². The molecule has 144 valence electrons. The quantitative estimate of drug-likeness (QED) is 0.125. The van der Waals surface area contributed by atoms with Crippen molar-refractivity contribution in [3.05, 3.63) is 0 Å². The van der Waals surface area contributed by atoms with E-state index in [-0.39, 0.29) is 0 Å². The maximum absolute atomic E-state index is 12.1. The highest BCUT2D eigenvalue weighted by Gasteiger charge is 2.55. The molecular weight excluding hydrogens is 344 g/mol. The highest BCUT2D eigenvalue weighted by molar-refractivity contribution is 6.36. The topological polar surface area (TPSA) is 199 Å². The lowest BCUT2D eigenvalue weighted by Gasteiger charge is -2.30. The number of Topliss-reactive ketones (excluding diaryl/α,β-unsaturated/α-hetero) is 3. The molecule has 1 unspecified atom stereocenters. The van der Waals surface area contributed by atoms with E-state index in [2.05, 4.69) is 4.74 Å². The number of ether oxygens (including phenoxy) is 1. The molecule has 0 aliphatic heterocycles. The summed E-state index contributed by atoms with van der Waals surface area (Å²) in [6.45, 7) is 1.36. The van der Waals surface area contributed by atoms with Gasteiger partial charge in [0.1, 0.15) is 24.4 Å². The zero-order valence-electron chi connectivity index (χ0n) is 13.8. The van der Waals surface area contributed by atoms with Crippen LogP contribution in [0.4, 0.5) is 0 Å². The number of rotatable bonds is 10. The molecule has 0 fully saturated rings. The summed E-state index contributed by atoms with van der Waals surface area (Å²) in [5.74, 6) is -5.28. The first-order valence-electron chi connectivity index (χ1n) is 7.11. The minimum absolute atomic E-state index is 0.781. The molecule has 0 aliphatic carbocycles. The molecule has 0 aromatic carbocycles. The van der Waals surface area contributed by atoms with Crippen LogP contribution in [-0.2, 0) is 23.9 Å². The van der Waals surface area contributed by atoms with Crippen molar-refractivity contribution in [1.82, 2.24) is 0 Å². The van der Waals surface area contributed by atoms with Gasteiger partial charge in [0.05, 0.1) is 6.61 Å². The van der Waals surface area contributed by atoms with E-state index in [1.165, 1.54) is 0 Å². The van der Waals surface area contributed by atoms with Gasteiger partial charge in [-0.2, -0.15) is 0 Å². The van der Waals surface area contributed by atoms with Crippen LogP contribution in [0.25, 0.3) is 0 Å². The monoisotopic (exact) mass is 366 g/mol. The highest BCUT2D eigenvalue weighted by atomic mass is 16.6. The zero-order valence-corrected chi connectivity index (χ0v) is 13.8. The predicted molar refractivity (Wildman–Crippen MR) is 77.7 cm³/mol. The Kier molecular flexibility index (Phi) is 8.44. The fraction of sp³-hybridized carbons (Fsp3) is 0.714. The molecule has 11 heteroatoms. The van der Waals surface area contributed by atoms with Crippen molar-refractivity contribution < 1.29 is 54.6 Å². The van der Waals surface area contributed by atoms with Crippen molar-refractivity contribution in [3.63, 3.8) is 0 Å². The van der Waals surface area contributed by atoms with Crippen LogP contribution in [0.1, 0.15) is 20.8 Å². The summed E-state index contributed by atoms with van der Waals surface area (Å²) >= 11 is 0. The van der Waals surface area contributed by atoms with Crippen molar-refractivity contribution >= 4 is 23.3 Å². The highest BCUT2D eigenvalue weighted by Crippen LogP contribution is 2.25. The van der Waals surface area contributed by atoms with E-state index in [1.807, 2.05) is 0 Å². The lowest BCUT2D eigenvalue weighted by atomic mass is 9.77. The number of hydrogen-bond acceptors (Lipinski definition) is 11. The summed E-state index contributed by atoms with van der Waals surface area (Å²) in [6.07, 6.45) is -11.2. The van der Waals surface area contributed by atoms with E-state index in [1.54, 1.807) is 0 Å². The van der Waals surface area contributed by atoms with Gasteiger partial charge in [-0.3, -0.25) is 14.4 Å². The molecule has 0 amide bonds. The third kappa shape index (κ3) is 4.66. The first-order chi connectivity index (χ1) is 11.3. The fourth-order valence-corrected chi connectivity index (χ4v) is 2.15. The predicted octanol–water partition coefficient (Wildman–Crippen LogP) is -3.96. The lowest BCUT2D eigenvalue weighted by molar-refractivity contribution is -0.219. The number of carbonyl (C=O) groups is 4. The van der Waals surface area contributed by atoms with E-state index in [0.717, 1.165) is 20.8 Å². The minimum Gasteiger partial charge on any atom is -0.432 e. The van der Waals surface area contributed by atoms with Crippen LogP contribution in [0.15, 0.2) is 0 Å². The molecule has 11 nitrogen and oxygen atoms in total. The number of aliphatic hydroxyl groups excluding tert-OH is 6.